The Morgan fingerprint density at radius 1 is 1.23 bits per heavy atom. The summed E-state index contributed by atoms with van der Waals surface area (Å²) >= 11 is 0. The van der Waals surface area contributed by atoms with Gasteiger partial charge in [-0.2, -0.15) is 0 Å². The van der Waals surface area contributed by atoms with E-state index in [0.29, 0.717) is 18.1 Å². The van der Waals surface area contributed by atoms with Gasteiger partial charge in [0.1, 0.15) is 18.2 Å². The summed E-state index contributed by atoms with van der Waals surface area (Å²) in [5.41, 5.74) is 0. The van der Waals surface area contributed by atoms with Crippen molar-refractivity contribution >= 4 is 18.2 Å². The minimum atomic E-state index is -4.75. The van der Waals surface area contributed by atoms with Gasteiger partial charge >= 0.3 is 0 Å². The van der Waals surface area contributed by atoms with Crippen molar-refractivity contribution in [3.05, 3.63) is 0 Å². The fourth-order valence-electron chi connectivity index (χ4n) is 1.54. The van der Waals surface area contributed by atoms with E-state index in [1.54, 1.807) is 20.8 Å². The molecule has 1 atom stereocenters. The number of hydrogen-bond donors (Lipinski definition) is 0. The van der Waals surface area contributed by atoms with Gasteiger partial charge in [0.25, 0.3) is 0 Å². The molecule has 0 spiro atoms. The molecule has 0 N–H and O–H groups in total. The van der Waals surface area contributed by atoms with Crippen LogP contribution in [0.15, 0.2) is 0 Å². The third kappa shape index (κ3) is 2.75. The van der Waals surface area contributed by atoms with Crippen molar-refractivity contribution < 1.29 is 17.4 Å². The Morgan fingerprint density at radius 2 is 1.54 bits per heavy atom. The summed E-state index contributed by atoms with van der Waals surface area (Å²) in [7, 11) is -7.28. The third-order valence-corrected chi connectivity index (χ3v) is 10.9. The maximum Gasteiger partial charge on any atom is 0.175 e. The quantitative estimate of drug-likeness (QED) is 0.532. The first-order chi connectivity index (χ1) is 5.84. The zero-order valence-corrected chi connectivity index (χ0v) is 10.0. The standard InChI is InChI=1S/C7H17FO3SSi/c1-4-13(5-2,6-3)7(8)12(9,10)11/h7H,4-6H2,1-3H3,(H,9,10,11)/p-1. The molecule has 6 heteroatoms. The molecule has 0 fully saturated rings. The first-order valence-electron chi connectivity index (χ1n) is 4.42. The summed E-state index contributed by atoms with van der Waals surface area (Å²) in [5, 5.41) is -2.14. The zero-order valence-electron chi connectivity index (χ0n) is 8.21. The van der Waals surface area contributed by atoms with Crippen LogP contribution in [-0.2, 0) is 10.1 Å². The van der Waals surface area contributed by atoms with E-state index in [2.05, 4.69) is 0 Å². The van der Waals surface area contributed by atoms with Gasteiger partial charge in [-0.15, -0.1) is 0 Å². The highest BCUT2D eigenvalue weighted by atomic mass is 32.2. The van der Waals surface area contributed by atoms with Crippen molar-refractivity contribution in [2.45, 2.75) is 44.0 Å². The molecule has 0 rings (SSSR count). The molecule has 0 heterocycles. The largest absolute Gasteiger partial charge is 0.746 e. The van der Waals surface area contributed by atoms with Crippen molar-refractivity contribution in [1.29, 1.82) is 0 Å². The normalized spacial score (nSPS) is 15.8. The number of halogens is 1. The van der Waals surface area contributed by atoms with E-state index in [4.69, 9.17) is 0 Å². The maximum atomic E-state index is 13.4. The van der Waals surface area contributed by atoms with E-state index in [9.17, 15) is 17.4 Å². The molecule has 13 heavy (non-hydrogen) atoms. The number of rotatable bonds is 5. The van der Waals surface area contributed by atoms with Crippen LogP contribution in [0.3, 0.4) is 0 Å². The summed E-state index contributed by atoms with van der Waals surface area (Å²) in [5.74, 6) is 0. The molecule has 1 unspecified atom stereocenters. The molecule has 0 aliphatic carbocycles. The SMILES string of the molecule is CC[Si](CC)(CC)C(F)S(=O)(=O)[O-]. The summed E-state index contributed by atoms with van der Waals surface area (Å²) in [6, 6.07) is 1.51. The van der Waals surface area contributed by atoms with Gasteiger partial charge in [-0.05, 0) is 0 Å². The third-order valence-electron chi connectivity index (χ3n) is 2.85. The minimum Gasteiger partial charge on any atom is -0.746 e. The van der Waals surface area contributed by atoms with Crippen LogP contribution in [0.25, 0.3) is 0 Å². The molecule has 0 aromatic carbocycles. The van der Waals surface area contributed by atoms with E-state index < -0.39 is 23.3 Å². The van der Waals surface area contributed by atoms with Gasteiger partial charge in [-0.1, -0.05) is 38.9 Å². The molecular formula is C7H16FO3SSi-. The van der Waals surface area contributed by atoms with Crippen LogP contribution in [0.5, 0.6) is 0 Å². The van der Waals surface area contributed by atoms with Crippen molar-refractivity contribution in [2.75, 3.05) is 0 Å². The molecule has 3 nitrogen and oxygen atoms in total. The highest BCUT2D eigenvalue weighted by Gasteiger charge is 2.41. The second-order valence-corrected chi connectivity index (χ2v) is 10.4. The summed E-state index contributed by atoms with van der Waals surface area (Å²) in [6.07, 6.45) is 0. The van der Waals surface area contributed by atoms with Crippen molar-refractivity contribution in [3.63, 3.8) is 0 Å². The van der Waals surface area contributed by atoms with E-state index >= 15 is 0 Å². The van der Waals surface area contributed by atoms with Crippen molar-refractivity contribution in [3.8, 4) is 0 Å². The van der Waals surface area contributed by atoms with Crippen LogP contribution >= 0.6 is 0 Å². The van der Waals surface area contributed by atoms with E-state index in [1.807, 2.05) is 0 Å². The summed E-state index contributed by atoms with van der Waals surface area (Å²) < 4.78 is 45.1. The first-order valence-corrected chi connectivity index (χ1v) is 8.59. The summed E-state index contributed by atoms with van der Waals surface area (Å²) in [4.78, 5) is 0. The smallest absolute Gasteiger partial charge is 0.175 e. The van der Waals surface area contributed by atoms with Crippen molar-refractivity contribution in [1.82, 2.24) is 0 Å². The Balaban J connectivity index is 4.96. The average Bonchev–Trinajstić information content (AvgIpc) is 2.07. The van der Waals surface area contributed by atoms with Crippen molar-refractivity contribution in [2.24, 2.45) is 0 Å². The van der Waals surface area contributed by atoms with Gasteiger partial charge in [0.05, 0.1) is 0 Å². The molecule has 0 aliphatic heterocycles. The lowest BCUT2D eigenvalue weighted by atomic mass is 10.9. The minimum absolute atomic E-state index is 0.503. The molecule has 0 bridgehead atoms. The van der Waals surface area contributed by atoms with Gasteiger partial charge < -0.3 is 4.55 Å². The van der Waals surface area contributed by atoms with Crippen LogP contribution in [0.4, 0.5) is 4.39 Å². The van der Waals surface area contributed by atoms with Crippen LogP contribution in [0.1, 0.15) is 20.8 Å². The molecular weight excluding hydrogens is 211 g/mol. The Kier molecular flexibility index (Phi) is 4.54. The second kappa shape index (κ2) is 4.52. The fraction of sp³-hybridized carbons (Fsp3) is 1.00. The zero-order chi connectivity index (χ0) is 10.7. The van der Waals surface area contributed by atoms with Crippen LogP contribution in [0.2, 0.25) is 18.1 Å². The first kappa shape index (κ1) is 13.1. The Hall–Kier alpha value is 0.0569. The number of hydrogen-bond acceptors (Lipinski definition) is 3. The maximum absolute atomic E-state index is 13.4. The van der Waals surface area contributed by atoms with E-state index in [1.165, 1.54) is 0 Å². The van der Waals surface area contributed by atoms with Crippen LogP contribution < -0.4 is 0 Å². The topological polar surface area (TPSA) is 57.2 Å². The molecule has 0 amide bonds. The van der Waals surface area contributed by atoms with Gasteiger partial charge in [0.15, 0.2) is 5.13 Å². The predicted molar refractivity (Wildman–Crippen MR) is 51.8 cm³/mol. The highest BCUT2D eigenvalue weighted by molar-refractivity contribution is 7.88. The molecule has 0 saturated carbocycles. The van der Waals surface area contributed by atoms with Gasteiger partial charge in [-0.25, -0.2) is 12.8 Å². The Morgan fingerprint density at radius 3 is 1.62 bits per heavy atom. The molecule has 80 valence electrons. The molecule has 0 aromatic heterocycles. The average molecular weight is 227 g/mol. The predicted octanol–water partition coefficient (Wildman–Crippen LogP) is 1.87. The Bertz CT molecular complexity index is 240. The molecule has 0 radical (unpaired) electrons. The highest BCUT2D eigenvalue weighted by Crippen LogP contribution is 2.28. The van der Waals surface area contributed by atoms with Crippen LogP contribution in [0, 0.1) is 0 Å². The van der Waals surface area contributed by atoms with Crippen LogP contribution in [-0.4, -0.2) is 26.2 Å². The molecule has 0 aromatic rings. The lowest BCUT2D eigenvalue weighted by molar-refractivity contribution is 0.406. The lowest BCUT2D eigenvalue weighted by Crippen LogP contribution is -2.47. The fourth-order valence-corrected chi connectivity index (χ4v) is 7.95. The van der Waals surface area contributed by atoms with E-state index in [-0.39, 0.29) is 0 Å². The summed E-state index contributed by atoms with van der Waals surface area (Å²) in [6.45, 7) is 5.28. The van der Waals surface area contributed by atoms with Gasteiger partial charge in [0, 0.05) is 0 Å². The lowest BCUT2D eigenvalue weighted by Gasteiger charge is -2.32. The van der Waals surface area contributed by atoms with Gasteiger partial charge in [0.2, 0.25) is 0 Å². The molecule has 0 aliphatic rings. The second-order valence-electron chi connectivity index (χ2n) is 3.23. The molecule has 0 saturated heterocycles. The Labute approximate surface area is 80.1 Å². The van der Waals surface area contributed by atoms with E-state index in [0.717, 1.165) is 0 Å². The van der Waals surface area contributed by atoms with Gasteiger partial charge in [-0.3, -0.25) is 0 Å². The monoisotopic (exact) mass is 227 g/mol. The number of alkyl halides is 1.